The van der Waals surface area contributed by atoms with Crippen LogP contribution in [0.4, 0.5) is 0 Å². The lowest BCUT2D eigenvalue weighted by Gasteiger charge is -2.26. The maximum absolute atomic E-state index is 14.2. The van der Waals surface area contributed by atoms with Crippen LogP contribution in [0, 0.1) is 11.3 Å². The molecule has 2 aromatic carbocycles. The first kappa shape index (κ1) is 23.9. The number of benzene rings is 2. The van der Waals surface area contributed by atoms with Gasteiger partial charge in [0.2, 0.25) is 18.2 Å². The summed E-state index contributed by atoms with van der Waals surface area (Å²) in [6.45, 7) is 8.18. The highest BCUT2D eigenvalue weighted by atomic mass is 31.2. The van der Waals surface area contributed by atoms with Gasteiger partial charge in [-0.2, -0.15) is 0 Å². The minimum atomic E-state index is -4.01. The second-order valence-corrected chi connectivity index (χ2v) is 11.5. The topological polar surface area (TPSA) is 69.7 Å². The van der Waals surface area contributed by atoms with E-state index in [2.05, 4.69) is 20.8 Å². The Bertz CT molecular complexity index is 895. The van der Waals surface area contributed by atoms with Crippen molar-refractivity contribution in [3.8, 4) is 11.5 Å². The molecule has 0 N–H and O–H groups in total. The molecule has 0 aliphatic rings. The van der Waals surface area contributed by atoms with Gasteiger partial charge in [-0.15, -0.1) is 0 Å². The van der Waals surface area contributed by atoms with E-state index in [1.807, 2.05) is 6.92 Å². The number of carbonyl (C=O) groups is 2. The van der Waals surface area contributed by atoms with Gasteiger partial charge in [0.05, 0.1) is 25.3 Å². The first-order valence-corrected chi connectivity index (χ1v) is 11.9. The Kier molecular flexibility index (Phi) is 7.65. The SMILES string of the molecule is COc1ccccc1C(=O)P(=O)(CC(C)CC(C)(C)C)C(=O)c1ccccc1OC. The third-order valence-corrected chi connectivity index (χ3v) is 7.79. The molecule has 30 heavy (non-hydrogen) atoms. The van der Waals surface area contributed by atoms with Crippen molar-refractivity contribution in [1.29, 1.82) is 0 Å². The number of carbonyl (C=O) groups excluding carboxylic acids is 2. The Morgan fingerprint density at radius 1 is 0.867 bits per heavy atom. The molecule has 0 saturated heterocycles. The van der Waals surface area contributed by atoms with Crippen molar-refractivity contribution in [3.63, 3.8) is 0 Å². The normalized spacial score (nSPS) is 12.9. The number of hydrogen-bond donors (Lipinski definition) is 0. The second-order valence-electron chi connectivity index (χ2n) is 8.80. The van der Waals surface area contributed by atoms with E-state index in [-0.39, 0.29) is 28.6 Å². The van der Waals surface area contributed by atoms with Crippen molar-refractivity contribution in [1.82, 2.24) is 0 Å². The van der Waals surface area contributed by atoms with Crippen LogP contribution in [0.1, 0.15) is 54.8 Å². The molecule has 2 rings (SSSR count). The van der Waals surface area contributed by atoms with Gasteiger partial charge in [0.25, 0.3) is 0 Å². The molecule has 0 aromatic heterocycles. The van der Waals surface area contributed by atoms with E-state index in [1.165, 1.54) is 14.2 Å². The number of para-hydroxylation sites is 2. The summed E-state index contributed by atoms with van der Waals surface area (Å²) < 4.78 is 24.8. The average molecular weight is 430 g/mol. The third kappa shape index (κ3) is 5.40. The molecular weight excluding hydrogens is 399 g/mol. The highest BCUT2D eigenvalue weighted by Gasteiger charge is 2.44. The van der Waals surface area contributed by atoms with Crippen molar-refractivity contribution in [2.75, 3.05) is 20.4 Å². The average Bonchev–Trinajstić information content (AvgIpc) is 2.70. The molecule has 0 aliphatic carbocycles. The lowest BCUT2D eigenvalue weighted by Crippen LogP contribution is -2.21. The highest BCUT2D eigenvalue weighted by molar-refractivity contribution is 7.95. The predicted molar refractivity (Wildman–Crippen MR) is 120 cm³/mol. The van der Waals surface area contributed by atoms with Crippen LogP contribution in [0.3, 0.4) is 0 Å². The maximum atomic E-state index is 14.2. The summed E-state index contributed by atoms with van der Waals surface area (Å²) in [6.07, 6.45) is 0.730. The first-order chi connectivity index (χ1) is 14.0. The molecule has 0 bridgehead atoms. The van der Waals surface area contributed by atoms with Crippen LogP contribution in [0.25, 0.3) is 0 Å². The van der Waals surface area contributed by atoms with Gasteiger partial charge in [-0.25, -0.2) is 0 Å². The van der Waals surface area contributed by atoms with E-state index < -0.39 is 18.2 Å². The van der Waals surface area contributed by atoms with Crippen LogP contribution in [-0.4, -0.2) is 31.4 Å². The molecule has 1 atom stereocenters. The minimum absolute atomic E-state index is 0.00195. The zero-order valence-electron chi connectivity index (χ0n) is 18.6. The fraction of sp³-hybridized carbons (Fsp3) is 0.417. The standard InChI is InChI=1S/C24H31O5P/c1-17(15-24(2,3)4)16-30(27,22(25)18-11-7-9-13-20(18)28-5)23(26)19-12-8-10-14-21(19)29-6/h7-14,17H,15-16H2,1-6H3. The van der Waals surface area contributed by atoms with Crippen LogP contribution in [0.2, 0.25) is 0 Å². The van der Waals surface area contributed by atoms with Crippen molar-refractivity contribution < 1.29 is 23.6 Å². The van der Waals surface area contributed by atoms with E-state index in [4.69, 9.17) is 9.47 Å². The van der Waals surface area contributed by atoms with Crippen molar-refractivity contribution in [3.05, 3.63) is 59.7 Å². The zero-order chi connectivity index (χ0) is 22.5. The summed E-state index contributed by atoms with van der Waals surface area (Å²) in [4.78, 5) is 27.1. The van der Waals surface area contributed by atoms with Gasteiger partial charge in [0, 0.05) is 6.16 Å². The van der Waals surface area contributed by atoms with Crippen molar-refractivity contribution in [2.24, 2.45) is 11.3 Å². The largest absolute Gasteiger partial charge is 0.496 e. The molecule has 0 radical (unpaired) electrons. The van der Waals surface area contributed by atoms with E-state index in [0.29, 0.717) is 11.5 Å². The van der Waals surface area contributed by atoms with E-state index in [0.717, 1.165) is 6.42 Å². The molecule has 0 fully saturated rings. The summed E-state index contributed by atoms with van der Waals surface area (Å²) in [5, 5.41) is 0. The highest BCUT2D eigenvalue weighted by Crippen LogP contribution is 2.56. The summed E-state index contributed by atoms with van der Waals surface area (Å²) >= 11 is 0. The van der Waals surface area contributed by atoms with Crippen molar-refractivity contribution in [2.45, 2.75) is 34.1 Å². The molecule has 0 aliphatic heterocycles. The van der Waals surface area contributed by atoms with Gasteiger partial charge >= 0.3 is 0 Å². The monoisotopic (exact) mass is 430 g/mol. The summed E-state index contributed by atoms with van der Waals surface area (Å²) in [7, 11) is -1.11. The molecule has 1 unspecified atom stereocenters. The first-order valence-electron chi connectivity index (χ1n) is 9.98. The van der Waals surface area contributed by atoms with Crippen LogP contribution in [0.15, 0.2) is 48.5 Å². The van der Waals surface area contributed by atoms with Crippen LogP contribution >= 0.6 is 7.14 Å². The number of hydrogen-bond acceptors (Lipinski definition) is 5. The minimum Gasteiger partial charge on any atom is -0.496 e. The fourth-order valence-electron chi connectivity index (χ4n) is 3.84. The molecule has 0 heterocycles. The van der Waals surface area contributed by atoms with E-state index in [1.54, 1.807) is 48.5 Å². The Morgan fingerprint density at radius 3 is 1.63 bits per heavy atom. The molecule has 162 valence electrons. The molecule has 0 amide bonds. The molecule has 0 saturated carbocycles. The molecule has 0 spiro atoms. The van der Waals surface area contributed by atoms with Gasteiger partial charge in [-0.1, -0.05) is 52.0 Å². The Labute approximate surface area is 179 Å². The number of rotatable bonds is 9. The summed E-state index contributed by atoms with van der Waals surface area (Å²) in [5.74, 6) is 0.520. The van der Waals surface area contributed by atoms with E-state index in [9.17, 15) is 14.2 Å². The Hall–Kier alpha value is -2.39. The molecular formula is C24H31O5P. The molecule has 6 heteroatoms. The quantitative estimate of drug-likeness (QED) is 0.448. The maximum Gasteiger partial charge on any atom is 0.232 e. The van der Waals surface area contributed by atoms with Crippen LogP contribution in [-0.2, 0) is 4.57 Å². The van der Waals surface area contributed by atoms with E-state index >= 15 is 0 Å². The molecule has 5 nitrogen and oxygen atoms in total. The van der Waals surface area contributed by atoms with Crippen molar-refractivity contribution >= 4 is 18.2 Å². The van der Waals surface area contributed by atoms with Crippen LogP contribution < -0.4 is 9.47 Å². The van der Waals surface area contributed by atoms with Gasteiger partial charge < -0.3 is 14.0 Å². The second kappa shape index (κ2) is 9.61. The molecule has 2 aromatic rings. The summed E-state index contributed by atoms with van der Waals surface area (Å²) in [5.41, 5.74) is -1.04. The fourth-order valence-corrected chi connectivity index (χ4v) is 6.51. The van der Waals surface area contributed by atoms with Gasteiger partial charge in [-0.05, 0) is 42.0 Å². The lowest BCUT2D eigenvalue weighted by atomic mass is 9.86. The van der Waals surface area contributed by atoms with Gasteiger partial charge in [-0.3, -0.25) is 9.59 Å². The zero-order valence-corrected chi connectivity index (χ0v) is 19.5. The summed E-state index contributed by atoms with van der Waals surface area (Å²) in [6, 6.07) is 13.2. The Morgan fingerprint density at radius 2 is 1.27 bits per heavy atom. The van der Waals surface area contributed by atoms with Gasteiger partial charge in [0.15, 0.2) is 0 Å². The number of methoxy groups -OCH3 is 2. The third-order valence-electron chi connectivity index (χ3n) is 4.86. The Balaban J connectivity index is 2.58. The lowest BCUT2D eigenvalue weighted by molar-refractivity contribution is 0.103. The number of ether oxygens (including phenoxy) is 2. The van der Waals surface area contributed by atoms with Crippen LogP contribution in [0.5, 0.6) is 11.5 Å². The smallest absolute Gasteiger partial charge is 0.232 e. The predicted octanol–water partition coefficient (Wildman–Crippen LogP) is 6.12. The van der Waals surface area contributed by atoms with Gasteiger partial charge in [0.1, 0.15) is 11.5 Å².